The fourth-order valence-electron chi connectivity index (χ4n) is 3.36. The van der Waals surface area contributed by atoms with Crippen LogP contribution in [0.2, 0.25) is 0 Å². The molecule has 0 saturated carbocycles. The van der Waals surface area contributed by atoms with Gasteiger partial charge in [0.15, 0.2) is 5.82 Å². The zero-order valence-corrected chi connectivity index (χ0v) is 13.5. The summed E-state index contributed by atoms with van der Waals surface area (Å²) in [6.07, 6.45) is 1.48. The van der Waals surface area contributed by atoms with Crippen molar-refractivity contribution in [3.8, 4) is 11.3 Å². The maximum Gasteiger partial charge on any atom is 0.255 e. The molecule has 1 fully saturated rings. The number of rotatable bonds is 2. The van der Waals surface area contributed by atoms with Gasteiger partial charge in [0.1, 0.15) is 6.04 Å². The molecule has 8 heteroatoms. The number of H-pyrrole nitrogens is 1. The Morgan fingerprint density at radius 2 is 1.92 bits per heavy atom. The molecule has 1 aromatic carbocycles. The first kappa shape index (κ1) is 16.2. The summed E-state index contributed by atoms with van der Waals surface area (Å²) in [5, 5.41) is 2.26. The molecule has 2 aliphatic heterocycles. The van der Waals surface area contributed by atoms with Crippen LogP contribution in [-0.2, 0) is 16.1 Å². The molecule has 0 aliphatic carbocycles. The summed E-state index contributed by atoms with van der Waals surface area (Å²) in [7, 11) is 0. The first-order chi connectivity index (χ1) is 12.4. The van der Waals surface area contributed by atoms with Gasteiger partial charge in [-0.1, -0.05) is 6.07 Å². The SMILES string of the molecule is O=C1CCC(N2Cc3cc(-c4cc(=O)c(F)c[nH]4)ccc3C2=O)C(=O)N1. The lowest BCUT2D eigenvalue weighted by atomic mass is 10.0. The Hall–Kier alpha value is -3.29. The first-order valence-electron chi connectivity index (χ1n) is 8.10. The van der Waals surface area contributed by atoms with Gasteiger partial charge in [0.2, 0.25) is 17.2 Å². The van der Waals surface area contributed by atoms with Crippen molar-refractivity contribution in [1.29, 1.82) is 0 Å². The molecule has 1 aromatic heterocycles. The van der Waals surface area contributed by atoms with Crippen molar-refractivity contribution in [2.75, 3.05) is 0 Å². The number of nitrogens with one attached hydrogen (secondary N) is 2. The summed E-state index contributed by atoms with van der Waals surface area (Å²) in [5.41, 5.74) is 1.54. The number of aromatic amines is 1. The molecule has 0 radical (unpaired) electrons. The van der Waals surface area contributed by atoms with Crippen molar-refractivity contribution in [3.63, 3.8) is 0 Å². The van der Waals surface area contributed by atoms with Crippen LogP contribution in [0.4, 0.5) is 4.39 Å². The number of amides is 3. The maximum absolute atomic E-state index is 13.1. The topological polar surface area (TPSA) is 99.3 Å². The van der Waals surface area contributed by atoms with Crippen molar-refractivity contribution < 1.29 is 18.8 Å². The number of carbonyl (C=O) groups is 3. The minimum absolute atomic E-state index is 0.193. The van der Waals surface area contributed by atoms with E-state index in [4.69, 9.17) is 0 Å². The number of hydrogen-bond donors (Lipinski definition) is 2. The highest BCUT2D eigenvalue weighted by Gasteiger charge is 2.39. The largest absolute Gasteiger partial charge is 0.358 e. The monoisotopic (exact) mass is 355 g/mol. The van der Waals surface area contributed by atoms with Gasteiger partial charge in [0, 0.05) is 36.5 Å². The molecule has 132 valence electrons. The van der Waals surface area contributed by atoms with E-state index in [0.717, 1.165) is 12.3 Å². The van der Waals surface area contributed by atoms with Gasteiger partial charge in [-0.3, -0.25) is 24.5 Å². The van der Waals surface area contributed by atoms with Gasteiger partial charge in [-0.25, -0.2) is 4.39 Å². The van der Waals surface area contributed by atoms with Crippen molar-refractivity contribution in [1.82, 2.24) is 15.2 Å². The Balaban J connectivity index is 1.64. The van der Waals surface area contributed by atoms with Crippen LogP contribution in [0.25, 0.3) is 11.3 Å². The number of imide groups is 1. The Morgan fingerprint density at radius 3 is 2.65 bits per heavy atom. The Kier molecular flexibility index (Phi) is 3.68. The van der Waals surface area contributed by atoms with Crippen LogP contribution in [0.5, 0.6) is 0 Å². The van der Waals surface area contributed by atoms with E-state index < -0.39 is 23.2 Å². The fourth-order valence-corrected chi connectivity index (χ4v) is 3.36. The number of nitrogens with zero attached hydrogens (tertiary/aromatic N) is 1. The third-order valence-electron chi connectivity index (χ3n) is 4.70. The van der Waals surface area contributed by atoms with Crippen molar-refractivity contribution in [2.24, 2.45) is 0 Å². The van der Waals surface area contributed by atoms with Gasteiger partial charge in [0.05, 0.1) is 0 Å². The molecule has 1 saturated heterocycles. The van der Waals surface area contributed by atoms with Crippen LogP contribution in [0.3, 0.4) is 0 Å². The summed E-state index contributed by atoms with van der Waals surface area (Å²) in [6, 6.07) is 5.50. The van der Waals surface area contributed by atoms with Crippen LogP contribution in [0.1, 0.15) is 28.8 Å². The molecule has 0 spiro atoms. The molecule has 2 aliphatic rings. The highest BCUT2D eigenvalue weighted by Crippen LogP contribution is 2.30. The molecular formula is C18H14FN3O4. The number of pyridine rings is 1. The lowest BCUT2D eigenvalue weighted by molar-refractivity contribution is -0.136. The summed E-state index contributed by atoms with van der Waals surface area (Å²) in [5.74, 6) is -1.94. The highest BCUT2D eigenvalue weighted by atomic mass is 19.1. The molecule has 7 nitrogen and oxygen atoms in total. The van der Waals surface area contributed by atoms with E-state index in [1.807, 2.05) is 0 Å². The van der Waals surface area contributed by atoms with Gasteiger partial charge in [-0.15, -0.1) is 0 Å². The molecule has 2 N–H and O–H groups in total. The molecule has 3 heterocycles. The zero-order valence-electron chi connectivity index (χ0n) is 13.5. The zero-order chi connectivity index (χ0) is 18.4. The maximum atomic E-state index is 13.1. The standard InChI is InChI=1S/C18H14FN3O4/c19-12-7-20-13(6-15(12)23)9-1-2-11-10(5-9)8-22(18(11)26)14-3-4-16(24)21-17(14)25/h1-2,5-7,14H,3-4,8H2,(H,20,23)(H,21,24,25). The normalized spacial score (nSPS) is 19.5. The van der Waals surface area contributed by atoms with Crippen molar-refractivity contribution in [2.45, 2.75) is 25.4 Å². The quantitative estimate of drug-likeness (QED) is 0.783. The molecular weight excluding hydrogens is 341 g/mol. The summed E-state index contributed by atoms with van der Waals surface area (Å²) in [4.78, 5) is 51.6. The lowest BCUT2D eigenvalue weighted by Crippen LogP contribution is -2.52. The third-order valence-corrected chi connectivity index (χ3v) is 4.70. The van der Waals surface area contributed by atoms with Crippen LogP contribution < -0.4 is 10.7 Å². The second-order valence-corrected chi connectivity index (χ2v) is 6.33. The van der Waals surface area contributed by atoms with E-state index in [1.54, 1.807) is 18.2 Å². The van der Waals surface area contributed by atoms with E-state index in [0.29, 0.717) is 28.8 Å². The van der Waals surface area contributed by atoms with Crippen LogP contribution in [-0.4, -0.2) is 33.6 Å². The Labute approximate surface area is 146 Å². The van der Waals surface area contributed by atoms with E-state index in [9.17, 15) is 23.6 Å². The number of carbonyl (C=O) groups excluding carboxylic acids is 3. The molecule has 2 aromatic rings. The van der Waals surface area contributed by atoms with E-state index in [2.05, 4.69) is 10.3 Å². The summed E-state index contributed by atoms with van der Waals surface area (Å²) in [6.45, 7) is 0.236. The lowest BCUT2D eigenvalue weighted by Gasteiger charge is -2.29. The van der Waals surface area contributed by atoms with Gasteiger partial charge >= 0.3 is 0 Å². The number of fused-ring (bicyclic) bond motifs is 1. The van der Waals surface area contributed by atoms with Crippen LogP contribution in [0.15, 0.2) is 35.3 Å². The Morgan fingerprint density at radius 1 is 1.12 bits per heavy atom. The van der Waals surface area contributed by atoms with E-state index >= 15 is 0 Å². The van der Waals surface area contributed by atoms with Crippen molar-refractivity contribution in [3.05, 3.63) is 57.6 Å². The first-order valence-corrected chi connectivity index (χ1v) is 8.10. The molecule has 4 rings (SSSR count). The second kappa shape index (κ2) is 5.91. The minimum Gasteiger partial charge on any atom is -0.358 e. The average molecular weight is 355 g/mol. The number of halogens is 1. The third kappa shape index (κ3) is 2.59. The number of aromatic nitrogens is 1. The Bertz CT molecular complexity index is 1010. The van der Waals surface area contributed by atoms with E-state index in [-0.39, 0.29) is 24.8 Å². The average Bonchev–Trinajstić information content (AvgIpc) is 2.93. The second-order valence-electron chi connectivity index (χ2n) is 6.33. The summed E-state index contributed by atoms with van der Waals surface area (Å²) >= 11 is 0. The highest BCUT2D eigenvalue weighted by molar-refractivity contribution is 6.05. The van der Waals surface area contributed by atoms with Crippen molar-refractivity contribution >= 4 is 17.7 Å². The fraction of sp³-hybridized carbons (Fsp3) is 0.222. The number of piperidine rings is 1. The molecule has 0 bridgehead atoms. The van der Waals surface area contributed by atoms with Gasteiger partial charge in [0.25, 0.3) is 5.91 Å². The predicted molar refractivity (Wildman–Crippen MR) is 88.5 cm³/mol. The molecule has 1 unspecified atom stereocenters. The number of hydrogen-bond acceptors (Lipinski definition) is 4. The molecule has 3 amide bonds. The summed E-state index contributed by atoms with van der Waals surface area (Å²) < 4.78 is 13.1. The van der Waals surface area contributed by atoms with Gasteiger partial charge < -0.3 is 9.88 Å². The predicted octanol–water partition coefficient (Wildman–Crippen LogP) is 0.942. The van der Waals surface area contributed by atoms with Gasteiger partial charge in [-0.05, 0) is 29.7 Å². The molecule has 1 atom stereocenters. The minimum atomic E-state index is -0.867. The smallest absolute Gasteiger partial charge is 0.255 e. The van der Waals surface area contributed by atoms with Crippen LogP contribution in [0, 0.1) is 5.82 Å². The van der Waals surface area contributed by atoms with Crippen LogP contribution >= 0.6 is 0 Å². The number of benzene rings is 1. The van der Waals surface area contributed by atoms with Gasteiger partial charge in [-0.2, -0.15) is 0 Å². The van der Waals surface area contributed by atoms with E-state index in [1.165, 1.54) is 4.90 Å². The molecule has 26 heavy (non-hydrogen) atoms.